The molecule has 3 saturated heterocycles. The lowest BCUT2D eigenvalue weighted by Gasteiger charge is -2.49. The number of methoxy groups -OCH3 is 1. The van der Waals surface area contributed by atoms with Gasteiger partial charge in [0.25, 0.3) is 0 Å². The van der Waals surface area contributed by atoms with Crippen molar-refractivity contribution < 1.29 is 77.3 Å². The van der Waals surface area contributed by atoms with Crippen molar-refractivity contribution in [3.05, 3.63) is 30.0 Å². The second kappa shape index (κ2) is 22.0. The standard InChI is InChI=1S/C48H75N3O16/c1-24-22-46(8,58)43(66-45-40(63-30(7)52)33(51(11)12)20-25(2)61-45)27(4)39(65-37-23-47(9,60-13)42(56)29(6)62-37)28(5)44(57)64-35(48(10,59)41(55)26(3)38(24)54)18-19-49-36(53)21-32-31-16-14-15-17-34(31)67-50-32/h14-17,24-29,33,35,37,39-43,45,55-56,58-59H,18-23H2,1-13H3,(H,49,53)/t24-,25-,26+,27+,28-,29+,33+,35-,37+,39+,40-,41-,42+,43-,45+,46-,47-,48-/m1/s1. The fourth-order valence-corrected chi connectivity index (χ4v) is 10.2. The molecule has 19 nitrogen and oxygen atoms in total. The van der Waals surface area contributed by atoms with Crippen LogP contribution in [-0.4, -0.2) is 166 Å². The van der Waals surface area contributed by atoms with Crippen molar-refractivity contribution in [3.8, 4) is 0 Å². The molecule has 378 valence electrons. The highest BCUT2D eigenvalue weighted by atomic mass is 16.7. The summed E-state index contributed by atoms with van der Waals surface area (Å²) in [4.78, 5) is 56.7. The number of hydrogen-bond acceptors (Lipinski definition) is 18. The van der Waals surface area contributed by atoms with E-state index in [1.54, 1.807) is 58.9 Å². The van der Waals surface area contributed by atoms with Crippen LogP contribution in [0.5, 0.6) is 0 Å². The van der Waals surface area contributed by atoms with Gasteiger partial charge >= 0.3 is 11.9 Å². The number of fused-ring (bicyclic) bond motifs is 1. The summed E-state index contributed by atoms with van der Waals surface area (Å²) in [5.41, 5.74) is -4.37. The molecule has 0 aliphatic carbocycles. The predicted octanol–water partition coefficient (Wildman–Crippen LogP) is 2.84. The Morgan fingerprint density at radius 3 is 2.24 bits per heavy atom. The number of aromatic nitrogens is 1. The molecular weight excluding hydrogens is 875 g/mol. The van der Waals surface area contributed by atoms with Crippen LogP contribution in [0.15, 0.2) is 28.8 Å². The second-order valence-corrected chi connectivity index (χ2v) is 20.1. The maximum Gasteiger partial charge on any atom is 0.311 e. The molecule has 3 aliphatic rings. The van der Waals surface area contributed by atoms with Gasteiger partial charge in [0, 0.05) is 56.6 Å². The number of carbonyl (C=O) groups is 4. The number of esters is 2. The Hall–Kier alpha value is -3.63. The SMILES string of the molecule is CO[C@]1(C)C[C@H](O[C@H]2[C@H](C)[C@@H](O[C@@H]3O[C@H](C)C[C@H](N(C)C)[C@H]3OC(C)=O)[C@](C)(O)C[C@@H](C)C(=O)[C@H](C)[C@@H](O)[C@](C)(O)[C@@H](CCNC(=O)Cc3noc4ccccc34)OC(=O)[C@@H]2C)O[C@@H](C)[C@@H]1O. The van der Waals surface area contributed by atoms with E-state index < -0.39 is 126 Å². The van der Waals surface area contributed by atoms with Crippen molar-refractivity contribution in [2.75, 3.05) is 27.7 Å². The number of aliphatic hydroxyl groups is 4. The average molecular weight is 950 g/mol. The number of para-hydroxylation sites is 1. The largest absolute Gasteiger partial charge is 0.459 e. The zero-order chi connectivity index (χ0) is 49.9. The van der Waals surface area contributed by atoms with Gasteiger partial charge in [0.1, 0.15) is 29.3 Å². The van der Waals surface area contributed by atoms with Crippen LogP contribution < -0.4 is 5.32 Å². The molecule has 3 fully saturated rings. The van der Waals surface area contributed by atoms with Crippen molar-refractivity contribution >= 4 is 34.6 Å². The highest BCUT2D eigenvalue weighted by molar-refractivity contribution is 5.86. The van der Waals surface area contributed by atoms with Crippen LogP contribution in [0.1, 0.15) is 101 Å². The van der Waals surface area contributed by atoms with Crippen molar-refractivity contribution in [1.82, 2.24) is 15.4 Å². The number of ketones is 1. The summed E-state index contributed by atoms with van der Waals surface area (Å²) in [5.74, 6) is -6.82. The maximum atomic E-state index is 14.7. The minimum Gasteiger partial charge on any atom is -0.459 e. The monoisotopic (exact) mass is 950 g/mol. The van der Waals surface area contributed by atoms with E-state index in [-0.39, 0.29) is 38.3 Å². The van der Waals surface area contributed by atoms with Crippen LogP contribution in [0, 0.1) is 23.7 Å². The van der Waals surface area contributed by atoms with E-state index >= 15 is 0 Å². The van der Waals surface area contributed by atoms with Gasteiger partial charge in [0.2, 0.25) is 5.91 Å². The number of Topliss-reactive ketones (excluding diaryl/α,β-unsaturated/α-hetero) is 1. The van der Waals surface area contributed by atoms with Gasteiger partial charge in [-0.05, 0) is 80.6 Å². The fraction of sp³-hybridized carbons (Fsp3) is 0.771. The number of likely N-dealkylation sites (N-methyl/N-ethyl adjacent to an activating group) is 1. The molecule has 1 aromatic heterocycles. The topological polar surface area (TPSA) is 255 Å². The smallest absolute Gasteiger partial charge is 0.311 e. The molecule has 2 aromatic rings. The molecule has 1 aromatic carbocycles. The summed E-state index contributed by atoms with van der Waals surface area (Å²) >= 11 is 0. The number of benzene rings is 1. The highest BCUT2D eigenvalue weighted by Gasteiger charge is 2.54. The normalized spacial score (nSPS) is 40.5. The molecule has 0 bridgehead atoms. The average Bonchev–Trinajstić information content (AvgIpc) is 3.66. The molecule has 0 saturated carbocycles. The molecule has 5 N–H and O–H groups in total. The van der Waals surface area contributed by atoms with E-state index in [9.17, 15) is 39.6 Å². The third-order valence-electron chi connectivity index (χ3n) is 14.2. The fourth-order valence-electron chi connectivity index (χ4n) is 10.2. The summed E-state index contributed by atoms with van der Waals surface area (Å²) in [6.07, 6.45) is -11.4. The lowest BCUT2D eigenvalue weighted by atomic mass is 9.74. The molecular formula is C48H75N3O16. The van der Waals surface area contributed by atoms with Gasteiger partial charge in [-0.2, -0.15) is 0 Å². The first-order chi connectivity index (χ1) is 31.2. The lowest BCUT2D eigenvalue weighted by Crippen LogP contribution is -2.61. The first kappa shape index (κ1) is 54.3. The number of hydrogen-bond donors (Lipinski definition) is 5. The quantitative estimate of drug-likeness (QED) is 0.192. The number of cyclic esters (lactones) is 1. The van der Waals surface area contributed by atoms with Crippen molar-refractivity contribution in [3.63, 3.8) is 0 Å². The Bertz CT molecular complexity index is 2010. The van der Waals surface area contributed by atoms with Gasteiger partial charge in [-0.1, -0.05) is 38.1 Å². The summed E-state index contributed by atoms with van der Waals surface area (Å²) in [6, 6.07) is 6.73. The summed E-state index contributed by atoms with van der Waals surface area (Å²) in [5, 5.41) is 55.3. The molecule has 18 atom stereocenters. The highest BCUT2D eigenvalue weighted by Crippen LogP contribution is 2.41. The molecule has 0 unspecified atom stereocenters. The van der Waals surface area contributed by atoms with Gasteiger partial charge in [-0.25, -0.2) is 0 Å². The van der Waals surface area contributed by atoms with Crippen LogP contribution in [0.3, 0.4) is 0 Å². The molecule has 67 heavy (non-hydrogen) atoms. The Kier molecular flexibility index (Phi) is 17.8. The number of carbonyl (C=O) groups excluding carboxylic acids is 4. The summed E-state index contributed by atoms with van der Waals surface area (Å²) in [6.45, 7) is 15.4. The van der Waals surface area contributed by atoms with Crippen molar-refractivity contribution in [2.45, 2.75) is 186 Å². The number of ether oxygens (including phenoxy) is 7. The van der Waals surface area contributed by atoms with E-state index in [1.807, 2.05) is 25.9 Å². The molecule has 4 heterocycles. The lowest BCUT2D eigenvalue weighted by molar-refractivity contribution is -0.318. The predicted molar refractivity (Wildman–Crippen MR) is 241 cm³/mol. The van der Waals surface area contributed by atoms with E-state index in [0.29, 0.717) is 23.1 Å². The zero-order valence-electron chi connectivity index (χ0n) is 41.3. The number of rotatable bonds is 12. The second-order valence-electron chi connectivity index (χ2n) is 20.1. The third-order valence-corrected chi connectivity index (χ3v) is 14.2. The summed E-state index contributed by atoms with van der Waals surface area (Å²) < 4.78 is 49.2. The van der Waals surface area contributed by atoms with Gasteiger partial charge < -0.3 is 68.3 Å². The minimum absolute atomic E-state index is 0.0149. The molecule has 3 aliphatic heterocycles. The van der Waals surface area contributed by atoms with Crippen LogP contribution in [-0.2, 0) is 58.8 Å². The molecule has 19 heteroatoms. The van der Waals surface area contributed by atoms with Gasteiger partial charge in [-0.3, -0.25) is 19.2 Å². The molecule has 0 spiro atoms. The van der Waals surface area contributed by atoms with E-state index in [4.69, 9.17) is 37.7 Å². The Morgan fingerprint density at radius 2 is 1.60 bits per heavy atom. The summed E-state index contributed by atoms with van der Waals surface area (Å²) in [7, 11) is 5.13. The molecule has 1 amide bonds. The Balaban J connectivity index is 1.55. The number of nitrogens with one attached hydrogen (secondary N) is 1. The number of aliphatic hydroxyl groups excluding tert-OH is 2. The Labute approximate surface area is 393 Å². The van der Waals surface area contributed by atoms with Gasteiger partial charge in [0.15, 0.2) is 24.3 Å². The third kappa shape index (κ3) is 12.4. The van der Waals surface area contributed by atoms with Gasteiger partial charge in [0.05, 0.1) is 60.1 Å². The van der Waals surface area contributed by atoms with E-state index in [0.717, 1.165) is 0 Å². The number of amides is 1. The minimum atomic E-state index is -2.25. The first-order valence-corrected chi connectivity index (χ1v) is 23.4. The number of nitrogens with zero attached hydrogens (tertiary/aromatic N) is 2. The van der Waals surface area contributed by atoms with Crippen molar-refractivity contribution in [2.24, 2.45) is 23.7 Å². The van der Waals surface area contributed by atoms with E-state index in [2.05, 4.69) is 10.5 Å². The zero-order valence-corrected chi connectivity index (χ0v) is 41.3. The maximum absolute atomic E-state index is 14.7. The first-order valence-electron chi connectivity index (χ1n) is 23.4. The molecule has 0 radical (unpaired) electrons. The van der Waals surface area contributed by atoms with Crippen LogP contribution in [0.4, 0.5) is 0 Å². The van der Waals surface area contributed by atoms with Crippen LogP contribution in [0.25, 0.3) is 11.0 Å². The van der Waals surface area contributed by atoms with Gasteiger partial charge in [-0.15, -0.1) is 0 Å². The molecule has 5 rings (SSSR count). The van der Waals surface area contributed by atoms with Crippen molar-refractivity contribution in [1.29, 1.82) is 0 Å². The Morgan fingerprint density at radius 1 is 0.925 bits per heavy atom. The van der Waals surface area contributed by atoms with Crippen LogP contribution in [0.2, 0.25) is 0 Å². The van der Waals surface area contributed by atoms with E-state index in [1.165, 1.54) is 34.8 Å². The van der Waals surface area contributed by atoms with Crippen LogP contribution >= 0.6 is 0 Å².